The summed E-state index contributed by atoms with van der Waals surface area (Å²) in [5.74, 6) is 2.95. The quantitative estimate of drug-likeness (QED) is 0.393. The van der Waals surface area contributed by atoms with Crippen molar-refractivity contribution >= 4 is 5.97 Å². The molecule has 1 aromatic carbocycles. The van der Waals surface area contributed by atoms with Gasteiger partial charge in [-0.1, -0.05) is 39.0 Å². The minimum Gasteiger partial charge on any atom is -0.427 e. The lowest BCUT2D eigenvalue weighted by molar-refractivity contribution is -0.212. The number of hydrogen-bond acceptors (Lipinski definition) is 5. The van der Waals surface area contributed by atoms with Crippen LogP contribution in [0.1, 0.15) is 78.6 Å². The van der Waals surface area contributed by atoms with Crippen molar-refractivity contribution in [2.75, 3.05) is 7.11 Å². The van der Waals surface area contributed by atoms with Crippen molar-refractivity contribution in [2.45, 2.75) is 96.9 Å². The molecule has 2 N–H and O–H groups in total. The van der Waals surface area contributed by atoms with E-state index in [1.54, 1.807) is 0 Å². The van der Waals surface area contributed by atoms with Gasteiger partial charge in [0.1, 0.15) is 5.75 Å². The number of ether oxygens (including phenoxy) is 2. The normalized spacial score (nSPS) is 44.7. The number of fused-ring (bicyclic) bond motifs is 5. The Balaban J connectivity index is 1.31. The van der Waals surface area contributed by atoms with Gasteiger partial charge in [0.2, 0.25) is 0 Å². The zero-order chi connectivity index (χ0) is 25.7. The van der Waals surface area contributed by atoms with Gasteiger partial charge in [-0.25, -0.2) is 0 Å². The molecule has 4 fully saturated rings. The van der Waals surface area contributed by atoms with Gasteiger partial charge in [-0.05, 0) is 110 Å². The molecule has 4 aliphatic carbocycles. The summed E-state index contributed by atoms with van der Waals surface area (Å²) in [5.41, 5.74) is 0.0181. The van der Waals surface area contributed by atoms with E-state index in [-0.39, 0.29) is 35.1 Å². The van der Waals surface area contributed by atoms with Crippen LogP contribution >= 0.6 is 0 Å². The molecule has 0 aliphatic heterocycles. The van der Waals surface area contributed by atoms with E-state index in [4.69, 9.17) is 9.47 Å². The molecule has 200 valence electrons. The van der Waals surface area contributed by atoms with Crippen molar-refractivity contribution in [3.05, 3.63) is 30.3 Å². The maximum atomic E-state index is 12.5. The summed E-state index contributed by atoms with van der Waals surface area (Å²) in [6, 6.07) is 9.29. The molecule has 4 aliphatic rings. The highest BCUT2D eigenvalue weighted by Gasteiger charge is 2.66. The summed E-state index contributed by atoms with van der Waals surface area (Å²) >= 11 is 0. The molecule has 0 unspecified atom stereocenters. The van der Waals surface area contributed by atoms with Crippen molar-refractivity contribution in [2.24, 2.45) is 46.3 Å². The van der Waals surface area contributed by atoms with E-state index in [0.717, 1.165) is 51.4 Å². The first-order valence-corrected chi connectivity index (χ1v) is 14.3. The number of carbonyl (C=O) groups excluding carboxylic acids is 1. The van der Waals surface area contributed by atoms with Gasteiger partial charge in [0, 0.05) is 13.5 Å². The molecule has 5 nitrogen and oxygen atoms in total. The molecular formula is C31H46O5. The molecule has 5 heteroatoms. The molecule has 0 aromatic heterocycles. The summed E-state index contributed by atoms with van der Waals surface area (Å²) in [6.07, 6.45) is 7.74. The highest BCUT2D eigenvalue weighted by molar-refractivity contribution is 5.72. The second-order valence-corrected chi connectivity index (χ2v) is 13.0. The van der Waals surface area contributed by atoms with Crippen LogP contribution in [-0.4, -0.2) is 41.6 Å². The molecule has 11 atom stereocenters. The number of para-hydroxylation sites is 1. The van der Waals surface area contributed by atoms with Crippen molar-refractivity contribution in [3.63, 3.8) is 0 Å². The summed E-state index contributed by atoms with van der Waals surface area (Å²) in [7, 11) is 1.86. The van der Waals surface area contributed by atoms with Crippen LogP contribution in [0.15, 0.2) is 30.3 Å². The number of methoxy groups -OCH3 is 1. The van der Waals surface area contributed by atoms with Gasteiger partial charge in [-0.2, -0.15) is 0 Å². The van der Waals surface area contributed by atoms with E-state index in [1.807, 2.05) is 37.4 Å². The number of rotatable bonds is 6. The Hall–Kier alpha value is -1.43. The Kier molecular flexibility index (Phi) is 7.30. The molecule has 0 bridgehead atoms. The lowest BCUT2D eigenvalue weighted by Crippen LogP contribution is -2.62. The SMILES string of the molecule is CO[C@@H]1C[C@@H]2C[C@H](O)CC[C@]2(C)[C@H]2C[C@H](O)[C@]3(C)[C@@H]([C@H](C)CCC(=O)Oc4ccccc4)CC[C@H]3[C@H]12. The zero-order valence-electron chi connectivity index (χ0n) is 22.6. The number of aliphatic hydroxyl groups excluding tert-OH is 2. The Morgan fingerprint density at radius 3 is 2.53 bits per heavy atom. The maximum absolute atomic E-state index is 12.5. The average molecular weight is 499 g/mol. The highest BCUT2D eigenvalue weighted by atomic mass is 16.5. The van der Waals surface area contributed by atoms with Crippen molar-refractivity contribution in [1.82, 2.24) is 0 Å². The lowest BCUT2D eigenvalue weighted by atomic mass is 9.43. The fourth-order valence-corrected chi connectivity index (χ4v) is 9.57. The third-order valence-electron chi connectivity index (χ3n) is 11.6. The molecule has 0 amide bonds. The lowest BCUT2D eigenvalue weighted by Gasteiger charge is -2.64. The molecule has 0 spiro atoms. The van der Waals surface area contributed by atoms with Gasteiger partial charge in [0.15, 0.2) is 0 Å². The van der Waals surface area contributed by atoms with E-state index in [2.05, 4.69) is 20.8 Å². The van der Waals surface area contributed by atoms with Gasteiger partial charge in [-0.15, -0.1) is 0 Å². The monoisotopic (exact) mass is 498 g/mol. The Labute approximate surface area is 217 Å². The van der Waals surface area contributed by atoms with Crippen LogP contribution in [0.5, 0.6) is 5.75 Å². The van der Waals surface area contributed by atoms with Gasteiger partial charge < -0.3 is 19.7 Å². The second-order valence-electron chi connectivity index (χ2n) is 13.0. The standard InChI is InChI=1S/C31H46O5/c1-19(10-13-28(34)36-22-8-6-5-7-9-22)23-11-12-24-29-25(18-27(33)31(23,24)3)30(2)15-14-21(32)16-20(30)17-26(29)35-4/h5-9,19-21,23-27,29,32-33H,10-18H2,1-4H3/t19-,20+,21-,23-,24+,25+,26-,27+,29+,30+,31-/m1/s1. The Bertz CT molecular complexity index is 919. The minimum atomic E-state index is -0.338. The fourth-order valence-electron chi connectivity index (χ4n) is 9.57. The van der Waals surface area contributed by atoms with Crippen LogP contribution in [0.3, 0.4) is 0 Å². The first-order chi connectivity index (χ1) is 17.2. The third kappa shape index (κ3) is 4.33. The summed E-state index contributed by atoms with van der Waals surface area (Å²) in [4.78, 5) is 12.5. The largest absolute Gasteiger partial charge is 0.427 e. The predicted molar refractivity (Wildman–Crippen MR) is 139 cm³/mol. The van der Waals surface area contributed by atoms with E-state index < -0.39 is 0 Å². The van der Waals surface area contributed by atoms with Crippen LogP contribution in [-0.2, 0) is 9.53 Å². The minimum absolute atomic E-state index is 0.155. The van der Waals surface area contributed by atoms with E-state index in [9.17, 15) is 15.0 Å². The van der Waals surface area contributed by atoms with E-state index in [0.29, 0.717) is 47.7 Å². The fraction of sp³-hybridized carbons (Fsp3) is 0.774. The van der Waals surface area contributed by atoms with Crippen molar-refractivity contribution in [3.8, 4) is 5.75 Å². The molecule has 0 saturated heterocycles. The van der Waals surface area contributed by atoms with Crippen LogP contribution in [0, 0.1) is 46.3 Å². The molecule has 0 radical (unpaired) electrons. The van der Waals surface area contributed by atoms with Crippen LogP contribution in [0.4, 0.5) is 0 Å². The first kappa shape index (κ1) is 26.2. The van der Waals surface area contributed by atoms with Gasteiger partial charge >= 0.3 is 5.97 Å². The predicted octanol–water partition coefficient (Wildman–Crippen LogP) is 5.62. The molecule has 0 heterocycles. The van der Waals surface area contributed by atoms with Crippen molar-refractivity contribution < 1.29 is 24.5 Å². The van der Waals surface area contributed by atoms with Gasteiger partial charge in [-0.3, -0.25) is 4.79 Å². The van der Waals surface area contributed by atoms with E-state index >= 15 is 0 Å². The van der Waals surface area contributed by atoms with Crippen molar-refractivity contribution in [1.29, 1.82) is 0 Å². The summed E-state index contributed by atoms with van der Waals surface area (Å²) < 4.78 is 11.7. The van der Waals surface area contributed by atoms with Crippen LogP contribution in [0.25, 0.3) is 0 Å². The topological polar surface area (TPSA) is 76.0 Å². The molecule has 4 saturated carbocycles. The molecule has 36 heavy (non-hydrogen) atoms. The molecule has 1 aromatic rings. The first-order valence-electron chi connectivity index (χ1n) is 14.3. The smallest absolute Gasteiger partial charge is 0.311 e. The second kappa shape index (κ2) is 10.0. The Morgan fingerprint density at radius 1 is 1.06 bits per heavy atom. The summed E-state index contributed by atoms with van der Waals surface area (Å²) in [5, 5.41) is 22.2. The number of esters is 1. The third-order valence-corrected chi connectivity index (χ3v) is 11.6. The van der Waals surface area contributed by atoms with Crippen LogP contribution in [0.2, 0.25) is 0 Å². The molecule has 5 rings (SSSR count). The number of carbonyl (C=O) groups is 1. The van der Waals surface area contributed by atoms with E-state index in [1.165, 1.54) is 0 Å². The Morgan fingerprint density at radius 2 is 1.81 bits per heavy atom. The molecular weight excluding hydrogens is 452 g/mol. The van der Waals surface area contributed by atoms with Gasteiger partial charge in [0.05, 0.1) is 18.3 Å². The maximum Gasteiger partial charge on any atom is 0.311 e. The number of benzene rings is 1. The average Bonchev–Trinajstić information content (AvgIpc) is 3.22. The van der Waals surface area contributed by atoms with Crippen LogP contribution < -0.4 is 4.74 Å². The number of hydrogen-bond donors (Lipinski definition) is 2. The highest BCUT2D eigenvalue weighted by Crippen LogP contribution is 2.68. The number of aliphatic hydroxyl groups is 2. The summed E-state index contributed by atoms with van der Waals surface area (Å²) in [6.45, 7) is 7.04. The van der Waals surface area contributed by atoms with Gasteiger partial charge in [0.25, 0.3) is 0 Å². The zero-order valence-corrected chi connectivity index (χ0v) is 22.6.